The first kappa shape index (κ1) is 15.4. The number of nitrogens with zero attached hydrogens (tertiary/aromatic N) is 2. The fourth-order valence-electron chi connectivity index (χ4n) is 2.91. The lowest BCUT2D eigenvalue weighted by molar-refractivity contribution is -0.384. The number of amides is 1. The molecule has 1 aliphatic carbocycles. The van der Waals surface area contributed by atoms with Gasteiger partial charge in [0, 0.05) is 31.3 Å². The van der Waals surface area contributed by atoms with Crippen LogP contribution >= 0.6 is 0 Å². The van der Waals surface area contributed by atoms with E-state index in [1.54, 1.807) is 14.0 Å². The Bertz CT molecular complexity index is 565. The second-order valence-electron chi connectivity index (χ2n) is 5.85. The summed E-state index contributed by atoms with van der Waals surface area (Å²) < 4.78 is 0. The van der Waals surface area contributed by atoms with E-state index in [1.165, 1.54) is 23.1 Å². The minimum atomic E-state index is -0.793. The summed E-state index contributed by atoms with van der Waals surface area (Å²) >= 11 is 0. The molecule has 0 heterocycles. The first-order chi connectivity index (χ1) is 9.82. The molecule has 1 saturated carbocycles. The van der Waals surface area contributed by atoms with E-state index in [1.807, 2.05) is 0 Å². The van der Waals surface area contributed by atoms with Crippen molar-refractivity contribution in [2.45, 2.75) is 38.2 Å². The van der Waals surface area contributed by atoms with Gasteiger partial charge in [-0.1, -0.05) is 12.8 Å². The molecule has 1 fully saturated rings. The first-order valence-corrected chi connectivity index (χ1v) is 7.05. The van der Waals surface area contributed by atoms with Gasteiger partial charge >= 0.3 is 0 Å². The van der Waals surface area contributed by atoms with Gasteiger partial charge < -0.3 is 10.0 Å². The molecule has 0 aromatic heterocycles. The van der Waals surface area contributed by atoms with Crippen LogP contribution in [0.1, 0.15) is 41.6 Å². The number of hydrogen-bond acceptors (Lipinski definition) is 4. The third-order valence-corrected chi connectivity index (χ3v) is 4.06. The average Bonchev–Trinajstić information content (AvgIpc) is 2.84. The highest BCUT2D eigenvalue weighted by Gasteiger charge is 2.33. The van der Waals surface area contributed by atoms with Crippen molar-refractivity contribution < 1.29 is 14.8 Å². The molecule has 0 radical (unpaired) electrons. The molecule has 1 aromatic rings. The van der Waals surface area contributed by atoms with Gasteiger partial charge in [0.05, 0.1) is 10.5 Å². The van der Waals surface area contributed by atoms with Crippen LogP contribution in [0.2, 0.25) is 0 Å². The SMILES string of the molecule is Cc1cc([N+](=O)[O-])ccc1C(=O)N(C)CC1(O)CCCC1. The number of likely N-dealkylation sites (N-methyl/N-ethyl adjacent to an activating group) is 1. The van der Waals surface area contributed by atoms with Gasteiger partial charge in [0.25, 0.3) is 11.6 Å². The van der Waals surface area contributed by atoms with Gasteiger partial charge in [-0.25, -0.2) is 0 Å². The first-order valence-electron chi connectivity index (χ1n) is 7.05. The third-order valence-electron chi connectivity index (χ3n) is 4.06. The molecule has 114 valence electrons. The smallest absolute Gasteiger partial charge is 0.269 e. The Morgan fingerprint density at radius 1 is 1.43 bits per heavy atom. The maximum absolute atomic E-state index is 12.4. The summed E-state index contributed by atoms with van der Waals surface area (Å²) in [7, 11) is 1.65. The zero-order valence-electron chi connectivity index (χ0n) is 12.3. The van der Waals surface area contributed by atoms with E-state index in [9.17, 15) is 20.0 Å². The number of hydrogen-bond donors (Lipinski definition) is 1. The lowest BCUT2D eigenvalue weighted by Gasteiger charge is -2.29. The number of benzene rings is 1. The highest BCUT2D eigenvalue weighted by Crippen LogP contribution is 2.30. The topological polar surface area (TPSA) is 83.7 Å². The van der Waals surface area contributed by atoms with Gasteiger partial charge in [-0.15, -0.1) is 0 Å². The molecule has 6 heteroatoms. The van der Waals surface area contributed by atoms with Gasteiger partial charge in [0.1, 0.15) is 0 Å². The summed E-state index contributed by atoms with van der Waals surface area (Å²) in [6, 6.07) is 4.20. The molecule has 1 aromatic carbocycles. The van der Waals surface area contributed by atoms with Gasteiger partial charge in [-0.3, -0.25) is 14.9 Å². The molecule has 1 aliphatic rings. The second-order valence-corrected chi connectivity index (χ2v) is 5.85. The van der Waals surface area contributed by atoms with Crippen molar-refractivity contribution >= 4 is 11.6 Å². The molecular formula is C15H20N2O4. The quantitative estimate of drug-likeness (QED) is 0.681. The molecule has 21 heavy (non-hydrogen) atoms. The normalized spacial score (nSPS) is 16.7. The van der Waals surface area contributed by atoms with Crippen LogP contribution in [-0.2, 0) is 0 Å². The van der Waals surface area contributed by atoms with Crippen LogP contribution in [0.3, 0.4) is 0 Å². The number of rotatable bonds is 4. The second kappa shape index (κ2) is 5.81. The van der Waals surface area contributed by atoms with E-state index in [0.29, 0.717) is 30.5 Å². The minimum Gasteiger partial charge on any atom is -0.388 e. The lowest BCUT2D eigenvalue weighted by Crippen LogP contribution is -2.42. The Morgan fingerprint density at radius 2 is 2.05 bits per heavy atom. The molecule has 0 aliphatic heterocycles. The van der Waals surface area contributed by atoms with Crippen molar-refractivity contribution in [3.8, 4) is 0 Å². The van der Waals surface area contributed by atoms with E-state index in [-0.39, 0.29) is 11.6 Å². The Kier molecular flexibility index (Phi) is 4.27. The summed E-state index contributed by atoms with van der Waals surface area (Å²) in [6.07, 6.45) is 3.39. The van der Waals surface area contributed by atoms with Crippen molar-refractivity contribution in [2.75, 3.05) is 13.6 Å². The monoisotopic (exact) mass is 292 g/mol. The van der Waals surface area contributed by atoms with Crippen LogP contribution in [0, 0.1) is 17.0 Å². The molecule has 2 rings (SSSR count). The third kappa shape index (κ3) is 3.39. The van der Waals surface area contributed by atoms with Crippen LogP contribution in [0.4, 0.5) is 5.69 Å². The number of aliphatic hydroxyl groups is 1. The number of non-ortho nitro benzene ring substituents is 1. The van der Waals surface area contributed by atoms with Crippen molar-refractivity contribution in [2.24, 2.45) is 0 Å². The Hall–Kier alpha value is -1.95. The van der Waals surface area contributed by atoms with Crippen LogP contribution in [0.25, 0.3) is 0 Å². The Labute approximate surface area is 123 Å². The number of nitro benzene ring substituents is 1. The van der Waals surface area contributed by atoms with Crippen molar-refractivity contribution in [3.05, 3.63) is 39.4 Å². The average molecular weight is 292 g/mol. The predicted molar refractivity (Wildman–Crippen MR) is 78.2 cm³/mol. The number of carbonyl (C=O) groups excluding carboxylic acids is 1. The summed E-state index contributed by atoms with van der Waals surface area (Å²) in [6.45, 7) is 1.97. The van der Waals surface area contributed by atoms with E-state index < -0.39 is 10.5 Å². The van der Waals surface area contributed by atoms with E-state index in [4.69, 9.17) is 0 Å². The van der Waals surface area contributed by atoms with Gasteiger partial charge in [0.2, 0.25) is 0 Å². The molecular weight excluding hydrogens is 272 g/mol. The summed E-state index contributed by atoms with van der Waals surface area (Å²) in [4.78, 5) is 24.2. The molecule has 0 spiro atoms. The largest absolute Gasteiger partial charge is 0.388 e. The lowest BCUT2D eigenvalue weighted by atomic mass is 10.0. The van der Waals surface area contributed by atoms with Crippen LogP contribution in [0.5, 0.6) is 0 Å². The fourth-order valence-corrected chi connectivity index (χ4v) is 2.91. The molecule has 0 saturated heterocycles. The van der Waals surface area contributed by atoms with Gasteiger partial charge in [-0.05, 0) is 31.4 Å². The standard InChI is InChI=1S/C15H20N2O4/c1-11-9-12(17(20)21)5-6-13(11)14(18)16(2)10-15(19)7-3-4-8-15/h5-6,9,19H,3-4,7-8,10H2,1-2H3. The van der Waals surface area contributed by atoms with Gasteiger partial charge in [0.15, 0.2) is 0 Å². The summed E-state index contributed by atoms with van der Waals surface area (Å²) in [5, 5.41) is 21.1. The highest BCUT2D eigenvalue weighted by atomic mass is 16.6. The summed E-state index contributed by atoms with van der Waals surface area (Å²) in [5.74, 6) is -0.220. The van der Waals surface area contributed by atoms with E-state index >= 15 is 0 Å². The Morgan fingerprint density at radius 3 is 2.57 bits per heavy atom. The number of carbonyl (C=O) groups is 1. The van der Waals surface area contributed by atoms with E-state index in [0.717, 1.165) is 12.8 Å². The summed E-state index contributed by atoms with van der Waals surface area (Å²) in [5.41, 5.74) is 0.185. The highest BCUT2D eigenvalue weighted by molar-refractivity contribution is 5.95. The number of aryl methyl sites for hydroxylation is 1. The van der Waals surface area contributed by atoms with Crippen molar-refractivity contribution in [1.82, 2.24) is 4.90 Å². The maximum Gasteiger partial charge on any atom is 0.269 e. The Balaban J connectivity index is 2.14. The maximum atomic E-state index is 12.4. The van der Waals surface area contributed by atoms with Crippen LogP contribution in [-0.4, -0.2) is 40.0 Å². The molecule has 1 N–H and O–H groups in total. The molecule has 0 atom stereocenters. The van der Waals surface area contributed by atoms with E-state index in [2.05, 4.69) is 0 Å². The number of nitro groups is 1. The molecule has 0 bridgehead atoms. The zero-order valence-corrected chi connectivity index (χ0v) is 12.3. The molecule has 6 nitrogen and oxygen atoms in total. The predicted octanol–water partition coefficient (Wildman–Crippen LogP) is 2.28. The van der Waals surface area contributed by atoms with Crippen LogP contribution in [0.15, 0.2) is 18.2 Å². The van der Waals surface area contributed by atoms with Gasteiger partial charge in [-0.2, -0.15) is 0 Å². The fraction of sp³-hybridized carbons (Fsp3) is 0.533. The molecule has 1 amide bonds. The van der Waals surface area contributed by atoms with Crippen molar-refractivity contribution in [3.63, 3.8) is 0 Å². The van der Waals surface area contributed by atoms with Crippen molar-refractivity contribution in [1.29, 1.82) is 0 Å². The van der Waals surface area contributed by atoms with Crippen LogP contribution < -0.4 is 0 Å². The zero-order chi connectivity index (χ0) is 15.6. The molecule has 0 unspecified atom stereocenters. The minimum absolute atomic E-state index is 0.0267.